The number of esters is 1. The lowest BCUT2D eigenvalue weighted by Gasteiger charge is -2.13. The number of carbonyl (C=O) groups is 1. The van der Waals surface area contributed by atoms with Crippen molar-refractivity contribution in [2.45, 2.75) is 19.4 Å². The largest absolute Gasteiger partial charge is 0.463 e. The summed E-state index contributed by atoms with van der Waals surface area (Å²) in [5.41, 5.74) is 1.14. The molecule has 4 heteroatoms. The first-order valence-corrected chi connectivity index (χ1v) is 6.25. The summed E-state index contributed by atoms with van der Waals surface area (Å²) in [6.45, 7) is 2.32. The van der Waals surface area contributed by atoms with E-state index in [1.165, 1.54) is 6.08 Å². The van der Waals surface area contributed by atoms with E-state index in [1.54, 1.807) is 20.1 Å². The van der Waals surface area contributed by atoms with Crippen LogP contribution in [0.4, 0.5) is 0 Å². The van der Waals surface area contributed by atoms with Crippen molar-refractivity contribution in [2.24, 2.45) is 0 Å². The summed E-state index contributed by atoms with van der Waals surface area (Å²) in [4.78, 5) is 11.3. The van der Waals surface area contributed by atoms with Crippen molar-refractivity contribution < 1.29 is 19.0 Å². The maximum absolute atomic E-state index is 11.3. The van der Waals surface area contributed by atoms with Gasteiger partial charge in [0.15, 0.2) is 0 Å². The topological polar surface area (TPSA) is 44.8 Å². The van der Waals surface area contributed by atoms with E-state index < -0.39 is 0 Å². The average Bonchev–Trinajstić information content (AvgIpc) is 2.43. The molecule has 1 rings (SSSR count). The van der Waals surface area contributed by atoms with Crippen LogP contribution < -0.4 is 0 Å². The van der Waals surface area contributed by atoms with Gasteiger partial charge in [-0.3, -0.25) is 0 Å². The fraction of sp³-hybridized carbons (Fsp3) is 0.400. The van der Waals surface area contributed by atoms with Gasteiger partial charge in [-0.2, -0.15) is 0 Å². The van der Waals surface area contributed by atoms with Crippen LogP contribution in [0, 0.1) is 0 Å². The predicted molar refractivity (Wildman–Crippen MR) is 72.7 cm³/mol. The molecule has 104 valence electrons. The zero-order valence-corrected chi connectivity index (χ0v) is 11.4. The first kappa shape index (κ1) is 15.4. The molecule has 1 aromatic carbocycles. The lowest BCUT2D eigenvalue weighted by Crippen LogP contribution is -2.16. The number of ether oxygens (including phenoxy) is 3. The van der Waals surface area contributed by atoms with E-state index in [1.807, 2.05) is 30.3 Å². The highest BCUT2D eigenvalue weighted by Gasteiger charge is 2.07. The molecule has 0 aliphatic carbocycles. The van der Waals surface area contributed by atoms with E-state index in [0.717, 1.165) is 5.56 Å². The Balaban J connectivity index is 2.58. The van der Waals surface area contributed by atoms with E-state index in [9.17, 15) is 4.79 Å². The molecule has 0 aliphatic heterocycles. The summed E-state index contributed by atoms with van der Waals surface area (Å²) in [6.07, 6.45) is 3.56. The highest BCUT2D eigenvalue weighted by molar-refractivity contribution is 5.81. The molecular formula is C15H20O4. The van der Waals surface area contributed by atoms with Gasteiger partial charge in [-0.15, -0.1) is 0 Å². The molecule has 0 amide bonds. The Hall–Kier alpha value is -1.65. The van der Waals surface area contributed by atoms with Crippen molar-refractivity contribution in [3.05, 3.63) is 48.0 Å². The van der Waals surface area contributed by atoms with Crippen molar-refractivity contribution in [1.29, 1.82) is 0 Å². The number of hydrogen-bond acceptors (Lipinski definition) is 4. The van der Waals surface area contributed by atoms with Gasteiger partial charge in [-0.05, 0) is 18.6 Å². The minimum Gasteiger partial charge on any atom is -0.463 e. The van der Waals surface area contributed by atoms with E-state index in [-0.39, 0.29) is 18.9 Å². The number of carbonyl (C=O) groups excluding carboxylic acids is 1. The van der Waals surface area contributed by atoms with Gasteiger partial charge in [0, 0.05) is 19.6 Å². The second-order valence-electron chi connectivity index (χ2n) is 3.91. The molecule has 0 heterocycles. The van der Waals surface area contributed by atoms with Crippen molar-refractivity contribution >= 4 is 5.97 Å². The van der Waals surface area contributed by atoms with Crippen molar-refractivity contribution in [2.75, 3.05) is 20.5 Å². The normalized spacial score (nSPS) is 12.5. The molecule has 1 atom stereocenters. The Morgan fingerprint density at radius 1 is 1.32 bits per heavy atom. The Kier molecular flexibility index (Phi) is 7.54. The smallest absolute Gasteiger partial charge is 0.330 e. The third kappa shape index (κ3) is 6.74. The molecule has 0 spiro atoms. The quantitative estimate of drug-likeness (QED) is 0.411. The van der Waals surface area contributed by atoms with Crippen LogP contribution in [-0.2, 0) is 25.4 Å². The molecule has 0 aromatic heterocycles. The summed E-state index contributed by atoms with van der Waals surface area (Å²) in [7, 11) is 1.56. The summed E-state index contributed by atoms with van der Waals surface area (Å²) in [5.74, 6) is -0.360. The monoisotopic (exact) mass is 264 g/mol. The zero-order chi connectivity index (χ0) is 13.9. The van der Waals surface area contributed by atoms with Gasteiger partial charge in [0.2, 0.25) is 0 Å². The Morgan fingerprint density at radius 2 is 2.05 bits per heavy atom. The van der Waals surface area contributed by atoms with Crippen LogP contribution in [0.3, 0.4) is 0 Å². The van der Waals surface area contributed by atoms with Crippen molar-refractivity contribution in [3.63, 3.8) is 0 Å². The lowest BCUT2D eigenvalue weighted by molar-refractivity contribution is -0.137. The fourth-order valence-corrected chi connectivity index (χ4v) is 1.56. The third-order valence-electron chi connectivity index (χ3n) is 2.41. The van der Waals surface area contributed by atoms with Crippen LogP contribution in [0.25, 0.3) is 0 Å². The Morgan fingerprint density at radius 3 is 2.68 bits per heavy atom. The molecule has 0 radical (unpaired) electrons. The second kappa shape index (κ2) is 9.30. The average molecular weight is 264 g/mol. The van der Waals surface area contributed by atoms with Gasteiger partial charge in [0.05, 0.1) is 12.7 Å². The number of rotatable bonds is 8. The summed E-state index contributed by atoms with van der Waals surface area (Å²) in [6, 6.07) is 9.93. The number of methoxy groups -OCH3 is 1. The van der Waals surface area contributed by atoms with E-state index >= 15 is 0 Å². The second-order valence-corrected chi connectivity index (χ2v) is 3.91. The molecule has 0 saturated carbocycles. The van der Waals surface area contributed by atoms with Crippen LogP contribution in [0.5, 0.6) is 0 Å². The first-order valence-electron chi connectivity index (χ1n) is 6.25. The summed E-state index contributed by atoms with van der Waals surface area (Å²) >= 11 is 0. The van der Waals surface area contributed by atoms with Crippen molar-refractivity contribution in [3.8, 4) is 0 Å². The summed E-state index contributed by atoms with van der Waals surface area (Å²) < 4.78 is 15.2. The highest BCUT2D eigenvalue weighted by atomic mass is 16.7. The van der Waals surface area contributed by atoms with E-state index in [0.29, 0.717) is 13.0 Å². The third-order valence-corrected chi connectivity index (χ3v) is 2.41. The van der Waals surface area contributed by atoms with Gasteiger partial charge in [-0.25, -0.2) is 4.79 Å². The predicted octanol–water partition coefficient (Wildman–Crippen LogP) is 2.34. The highest BCUT2D eigenvalue weighted by Crippen LogP contribution is 2.07. The minimum absolute atomic E-state index is 0.185. The molecule has 0 saturated heterocycles. The fourth-order valence-electron chi connectivity index (χ4n) is 1.56. The van der Waals surface area contributed by atoms with Crippen LogP contribution in [0.1, 0.15) is 12.5 Å². The zero-order valence-electron chi connectivity index (χ0n) is 11.4. The van der Waals surface area contributed by atoms with Gasteiger partial charge in [0.25, 0.3) is 0 Å². The van der Waals surface area contributed by atoms with E-state index in [2.05, 4.69) is 0 Å². The number of hydrogen-bond donors (Lipinski definition) is 0. The maximum Gasteiger partial charge on any atom is 0.330 e. The maximum atomic E-state index is 11.3. The molecule has 0 N–H and O–H groups in total. The SMILES string of the molecule is CCOC(=O)/C=C/[C@H](Cc1ccccc1)OCOC. The molecular weight excluding hydrogens is 244 g/mol. The Labute approximate surface area is 114 Å². The van der Waals surface area contributed by atoms with Crippen LogP contribution >= 0.6 is 0 Å². The van der Waals surface area contributed by atoms with Gasteiger partial charge < -0.3 is 14.2 Å². The molecule has 19 heavy (non-hydrogen) atoms. The molecule has 1 aromatic rings. The summed E-state index contributed by atoms with van der Waals surface area (Å²) in [5, 5.41) is 0. The first-order chi connectivity index (χ1) is 9.26. The number of benzene rings is 1. The van der Waals surface area contributed by atoms with Gasteiger partial charge in [0.1, 0.15) is 6.79 Å². The van der Waals surface area contributed by atoms with Crippen LogP contribution in [0.15, 0.2) is 42.5 Å². The van der Waals surface area contributed by atoms with E-state index in [4.69, 9.17) is 14.2 Å². The van der Waals surface area contributed by atoms with Gasteiger partial charge in [-0.1, -0.05) is 30.3 Å². The molecule has 0 unspecified atom stereocenters. The van der Waals surface area contributed by atoms with Crippen molar-refractivity contribution in [1.82, 2.24) is 0 Å². The van der Waals surface area contributed by atoms with Crippen LogP contribution in [0.2, 0.25) is 0 Å². The van der Waals surface area contributed by atoms with Crippen LogP contribution in [-0.4, -0.2) is 32.6 Å². The molecule has 0 bridgehead atoms. The van der Waals surface area contributed by atoms with Gasteiger partial charge >= 0.3 is 5.97 Å². The molecule has 0 fully saturated rings. The standard InChI is InChI=1S/C15H20O4/c1-3-18-15(16)10-9-14(19-12-17-2)11-13-7-5-4-6-8-13/h4-10,14H,3,11-12H2,1-2H3/b10-9+/t14-/m1/s1. The minimum atomic E-state index is -0.360. The lowest BCUT2D eigenvalue weighted by atomic mass is 10.1. The Bertz CT molecular complexity index is 386. The molecule has 0 aliphatic rings. The molecule has 4 nitrogen and oxygen atoms in total.